The Kier molecular flexibility index (Phi) is 3.87. The Morgan fingerprint density at radius 3 is 2.66 bits per heavy atom. The van der Waals surface area contributed by atoms with E-state index in [1.54, 1.807) is 42.5 Å². The van der Waals surface area contributed by atoms with Crippen molar-refractivity contribution in [3.05, 3.63) is 105 Å². The van der Waals surface area contributed by atoms with E-state index in [9.17, 15) is 14.0 Å². The normalized spacial score (nSPS) is 15.9. The van der Waals surface area contributed by atoms with Crippen LogP contribution in [0.25, 0.3) is 11.0 Å². The number of halogens is 1. The number of benzene rings is 2. The van der Waals surface area contributed by atoms with Crippen LogP contribution in [0, 0.1) is 12.7 Å². The van der Waals surface area contributed by atoms with Crippen molar-refractivity contribution in [2.45, 2.75) is 19.5 Å². The van der Waals surface area contributed by atoms with Crippen molar-refractivity contribution in [3.63, 3.8) is 0 Å². The lowest BCUT2D eigenvalue weighted by molar-refractivity contribution is 0.0699. The quantitative estimate of drug-likeness (QED) is 0.515. The molecule has 4 aromatic rings. The minimum atomic E-state index is -0.898. The largest absolute Gasteiger partial charge is 0.467 e. The molecule has 0 saturated heterocycles. The van der Waals surface area contributed by atoms with Gasteiger partial charge in [-0.3, -0.25) is 9.59 Å². The fourth-order valence-corrected chi connectivity index (χ4v) is 3.89. The summed E-state index contributed by atoms with van der Waals surface area (Å²) >= 11 is 0. The van der Waals surface area contributed by atoms with Crippen LogP contribution in [0.4, 0.5) is 4.39 Å². The van der Waals surface area contributed by atoms with Gasteiger partial charge in [0.1, 0.15) is 17.2 Å². The van der Waals surface area contributed by atoms with Crippen molar-refractivity contribution in [2.75, 3.05) is 0 Å². The maximum absolute atomic E-state index is 14.7. The molecule has 0 fully saturated rings. The van der Waals surface area contributed by atoms with Gasteiger partial charge in [-0.1, -0.05) is 29.8 Å². The van der Waals surface area contributed by atoms with E-state index < -0.39 is 17.8 Å². The van der Waals surface area contributed by atoms with Crippen LogP contribution >= 0.6 is 0 Å². The second kappa shape index (κ2) is 6.44. The van der Waals surface area contributed by atoms with E-state index in [1.807, 2.05) is 13.0 Å². The molecule has 2 aromatic heterocycles. The summed E-state index contributed by atoms with van der Waals surface area (Å²) in [4.78, 5) is 28.0. The summed E-state index contributed by atoms with van der Waals surface area (Å²) in [6, 6.07) is 13.9. The Morgan fingerprint density at radius 2 is 1.90 bits per heavy atom. The molecule has 1 atom stereocenters. The Hall–Kier alpha value is -3.67. The third-order valence-electron chi connectivity index (χ3n) is 5.23. The molecule has 1 aliphatic heterocycles. The molecule has 0 saturated carbocycles. The van der Waals surface area contributed by atoms with Crippen LogP contribution in [0.1, 0.15) is 39.0 Å². The van der Waals surface area contributed by atoms with Crippen LogP contribution in [0.3, 0.4) is 0 Å². The van der Waals surface area contributed by atoms with Crippen molar-refractivity contribution in [2.24, 2.45) is 0 Å². The minimum absolute atomic E-state index is 0.0498. The molecule has 0 radical (unpaired) electrons. The van der Waals surface area contributed by atoms with Crippen LogP contribution < -0.4 is 5.43 Å². The van der Waals surface area contributed by atoms with Gasteiger partial charge in [0, 0.05) is 5.56 Å². The predicted octanol–water partition coefficient (Wildman–Crippen LogP) is 4.58. The number of hydrogen-bond donors (Lipinski definition) is 0. The molecule has 29 heavy (non-hydrogen) atoms. The highest BCUT2D eigenvalue weighted by Gasteiger charge is 2.44. The van der Waals surface area contributed by atoms with Gasteiger partial charge >= 0.3 is 0 Å². The van der Waals surface area contributed by atoms with Crippen molar-refractivity contribution < 1.29 is 18.0 Å². The molecule has 6 heteroatoms. The van der Waals surface area contributed by atoms with Gasteiger partial charge in [-0.05, 0) is 37.3 Å². The Balaban J connectivity index is 1.78. The lowest BCUT2D eigenvalue weighted by Gasteiger charge is -2.24. The number of furan rings is 1. The van der Waals surface area contributed by atoms with E-state index in [1.165, 1.54) is 17.2 Å². The zero-order valence-electron chi connectivity index (χ0n) is 15.5. The summed E-state index contributed by atoms with van der Waals surface area (Å²) in [6.07, 6.45) is 1.50. The molecule has 1 aliphatic rings. The first-order valence-corrected chi connectivity index (χ1v) is 9.19. The molecule has 5 rings (SSSR count). The summed E-state index contributed by atoms with van der Waals surface area (Å²) in [5, 5.41) is 0.373. The van der Waals surface area contributed by atoms with E-state index in [0.29, 0.717) is 16.7 Å². The first kappa shape index (κ1) is 17.4. The zero-order chi connectivity index (χ0) is 20.1. The molecular weight excluding hydrogens is 373 g/mol. The molecule has 0 N–H and O–H groups in total. The van der Waals surface area contributed by atoms with Gasteiger partial charge in [-0.15, -0.1) is 0 Å². The number of carbonyl (C=O) groups is 1. The fraction of sp³-hybridized carbons (Fsp3) is 0.130. The predicted molar refractivity (Wildman–Crippen MR) is 104 cm³/mol. The van der Waals surface area contributed by atoms with Crippen molar-refractivity contribution >= 4 is 16.9 Å². The minimum Gasteiger partial charge on any atom is -0.467 e. The van der Waals surface area contributed by atoms with E-state index in [0.717, 1.165) is 5.56 Å². The highest BCUT2D eigenvalue weighted by molar-refractivity contribution is 5.99. The number of fused-ring (bicyclic) bond motifs is 2. The third kappa shape index (κ3) is 2.68. The molecular formula is C23H16FNO4. The van der Waals surface area contributed by atoms with Crippen LogP contribution in [0.15, 0.2) is 74.5 Å². The first-order chi connectivity index (χ1) is 14.0. The SMILES string of the molecule is Cc1ccc2oc3c(c(=O)c2c1)[C@@H](c1ccccc1F)N(Cc1ccco1)C3=O. The van der Waals surface area contributed by atoms with E-state index in [2.05, 4.69) is 0 Å². The Bertz CT molecular complexity index is 1310. The van der Waals surface area contributed by atoms with Gasteiger partial charge in [0.2, 0.25) is 5.76 Å². The summed E-state index contributed by atoms with van der Waals surface area (Å²) in [5.41, 5.74) is 1.30. The monoisotopic (exact) mass is 389 g/mol. The number of hydrogen-bond acceptors (Lipinski definition) is 4. The molecule has 0 unspecified atom stereocenters. The standard InChI is InChI=1S/C23H16FNO4/c1-13-8-9-18-16(11-13)21(26)19-20(15-6-2-3-7-17(15)24)25(23(27)22(19)29-18)12-14-5-4-10-28-14/h2-11,20H,12H2,1H3/t20-/m1/s1. The molecule has 0 spiro atoms. The average molecular weight is 389 g/mol. The van der Waals surface area contributed by atoms with E-state index in [-0.39, 0.29) is 28.9 Å². The van der Waals surface area contributed by atoms with Gasteiger partial charge < -0.3 is 13.7 Å². The molecule has 3 heterocycles. The molecule has 0 aliphatic carbocycles. The van der Waals surface area contributed by atoms with Gasteiger partial charge in [-0.2, -0.15) is 0 Å². The summed E-state index contributed by atoms with van der Waals surface area (Å²) in [7, 11) is 0. The number of amides is 1. The van der Waals surface area contributed by atoms with Crippen LogP contribution in [-0.2, 0) is 6.54 Å². The summed E-state index contributed by atoms with van der Waals surface area (Å²) in [5.74, 6) is -0.484. The second-order valence-corrected chi connectivity index (χ2v) is 7.11. The Morgan fingerprint density at radius 1 is 1.07 bits per heavy atom. The lowest BCUT2D eigenvalue weighted by Crippen LogP contribution is -2.29. The summed E-state index contributed by atoms with van der Waals surface area (Å²) in [6.45, 7) is 1.96. The second-order valence-electron chi connectivity index (χ2n) is 7.11. The van der Waals surface area contributed by atoms with Crippen molar-refractivity contribution in [3.8, 4) is 0 Å². The number of carbonyl (C=O) groups excluding carboxylic acids is 1. The zero-order valence-corrected chi connectivity index (χ0v) is 15.5. The maximum Gasteiger partial charge on any atom is 0.291 e. The van der Waals surface area contributed by atoms with Gasteiger partial charge in [0.25, 0.3) is 5.91 Å². The average Bonchev–Trinajstić information content (AvgIpc) is 3.31. The van der Waals surface area contributed by atoms with E-state index in [4.69, 9.17) is 8.83 Å². The lowest BCUT2D eigenvalue weighted by atomic mass is 9.97. The van der Waals surface area contributed by atoms with E-state index >= 15 is 0 Å². The maximum atomic E-state index is 14.7. The molecule has 0 bridgehead atoms. The van der Waals surface area contributed by atoms with Crippen molar-refractivity contribution in [1.82, 2.24) is 4.90 Å². The molecule has 2 aromatic carbocycles. The Labute approximate surface area is 165 Å². The smallest absolute Gasteiger partial charge is 0.291 e. The molecule has 1 amide bonds. The third-order valence-corrected chi connectivity index (χ3v) is 5.23. The highest BCUT2D eigenvalue weighted by Crippen LogP contribution is 2.40. The summed E-state index contributed by atoms with van der Waals surface area (Å²) < 4.78 is 26.0. The van der Waals surface area contributed by atoms with Crippen molar-refractivity contribution in [1.29, 1.82) is 0 Å². The number of nitrogens with zero attached hydrogens (tertiary/aromatic N) is 1. The van der Waals surface area contributed by atoms with Gasteiger partial charge in [0.05, 0.1) is 29.8 Å². The fourth-order valence-electron chi connectivity index (χ4n) is 3.89. The topological polar surface area (TPSA) is 63.7 Å². The van der Waals surface area contributed by atoms with Gasteiger partial charge in [-0.25, -0.2) is 4.39 Å². The molecule has 144 valence electrons. The van der Waals surface area contributed by atoms with Crippen LogP contribution in [-0.4, -0.2) is 10.8 Å². The number of rotatable bonds is 3. The number of aryl methyl sites for hydroxylation is 1. The van der Waals surface area contributed by atoms with Gasteiger partial charge in [0.15, 0.2) is 5.43 Å². The van der Waals surface area contributed by atoms with Crippen LogP contribution in [0.2, 0.25) is 0 Å². The highest BCUT2D eigenvalue weighted by atomic mass is 19.1. The van der Waals surface area contributed by atoms with Crippen LogP contribution in [0.5, 0.6) is 0 Å². The molecule has 5 nitrogen and oxygen atoms in total. The first-order valence-electron chi connectivity index (χ1n) is 9.19.